The molecule has 0 aromatic heterocycles. The van der Waals surface area contributed by atoms with Crippen molar-refractivity contribution in [1.29, 1.82) is 0 Å². The highest BCUT2D eigenvalue weighted by atomic mass is 32.2. The Labute approximate surface area is 172 Å². The third-order valence-corrected chi connectivity index (χ3v) is 4.80. The van der Waals surface area contributed by atoms with Crippen molar-refractivity contribution in [2.45, 2.75) is 25.9 Å². The summed E-state index contributed by atoms with van der Waals surface area (Å²) in [5.41, 5.74) is 2.52. The Bertz CT molecular complexity index is 912. The lowest BCUT2D eigenvalue weighted by atomic mass is 10.1. The second-order valence-electron chi connectivity index (χ2n) is 6.60. The van der Waals surface area contributed by atoms with E-state index in [-0.39, 0.29) is 18.9 Å². The maximum absolute atomic E-state index is 13.3. The molecule has 2 rings (SSSR count). The second kappa shape index (κ2) is 10.7. The average molecular weight is 419 g/mol. The lowest BCUT2D eigenvalue weighted by Gasteiger charge is -2.29. The molecule has 0 spiro atoms. The van der Waals surface area contributed by atoms with Crippen molar-refractivity contribution in [1.82, 2.24) is 4.90 Å². The zero-order valence-electron chi connectivity index (χ0n) is 16.8. The fourth-order valence-corrected chi connectivity index (χ4v) is 3.14. The summed E-state index contributed by atoms with van der Waals surface area (Å²) in [4.78, 5) is 19.7. The van der Waals surface area contributed by atoms with Gasteiger partial charge in [0.05, 0.1) is 25.1 Å². The Kier molecular flexibility index (Phi) is 8.35. The van der Waals surface area contributed by atoms with Gasteiger partial charge in [0, 0.05) is 12.1 Å². The molecule has 1 amide bonds. The number of hydrogen-bond acceptors (Lipinski definition) is 6. The van der Waals surface area contributed by atoms with E-state index in [0.717, 1.165) is 17.4 Å². The summed E-state index contributed by atoms with van der Waals surface area (Å²) in [7, 11) is -2.17. The first kappa shape index (κ1) is 22.6. The molecule has 0 aliphatic heterocycles. The van der Waals surface area contributed by atoms with Crippen molar-refractivity contribution in [2.75, 3.05) is 20.0 Å². The lowest BCUT2D eigenvalue weighted by molar-refractivity contribution is 0.0695. The Hall–Kier alpha value is -2.71. The minimum absolute atomic E-state index is 0.0777. The van der Waals surface area contributed by atoms with Crippen LogP contribution >= 0.6 is 0 Å². The Morgan fingerprint density at radius 1 is 1.14 bits per heavy atom. The van der Waals surface area contributed by atoms with Gasteiger partial charge in [-0.2, -0.15) is 8.42 Å². The third kappa shape index (κ3) is 7.67. The van der Waals surface area contributed by atoms with Gasteiger partial charge in [0.15, 0.2) is 0 Å². The number of carbonyl (C=O) groups is 1. The third-order valence-electron chi connectivity index (χ3n) is 4.20. The molecule has 2 aromatic rings. The first-order chi connectivity index (χ1) is 13.8. The molecule has 0 aliphatic rings. The largest absolute Gasteiger partial charge is 0.399 e. The van der Waals surface area contributed by atoms with E-state index in [4.69, 9.17) is 9.02 Å². The van der Waals surface area contributed by atoms with Gasteiger partial charge in [-0.05, 0) is 31.0 Å². The molecule has 0 fully saturated rings. The molecule has 7 nitrogen and oxygen atoms in total. The van der Waals surface area contributed by atoms with Gasteiger partial charge in [0.25, 0.3) is 16.0 Å². The SMILES string of the molecule is CO/N=C/C(CCOS(C)(=O)=O)N(Cc1ccccc1)C(=O)c1ccc(C)cc1. The highest BCUT2D eigenvalue weighted by molar-refractivity contribution is 7.85. The normalized spacial score (nSPS) is 12.7. The molecule has 0 aliphatic carbocycles. The molecular weight excluding hydrogens is 392 g/mol. The van der Waals surface area contributed by atoms with Crippen LogP contribution in [0.15, 0.2) is 59.8 Å². The van der Waals surface area contributed by atoms with Crippen LogP contribution in [0.4, 0.5) is 0 Å². The molecule has 0 radical (unpaired) electrons. The van der Waals surface area contributed by atoms with Gasteiger partial charge in [-0.25, -0.2) is 0 Å². The van der Waals surface area contributed by atoms with Crippen molar-refractivity contribution in [3.63, 3.8) is 0 Å². The predicted molar refractivity (Wildman–Crippen MR) is 112 cm³/mol. The Morgan fingerprint density at radius 3 is 2.38 bits per heavy atom. The van der Waals surface area contributed by atoms with Gasteiger partial charge in [-0.15, -0.1) is 0 Å². The first-order valence-corrected chi connectivity index (χ1v) is 10.9. The van der Waals surface area contributed by atoms with E-state index in [0.29, 0.717) is 12.1 Å². The van der Waals surface area contributed by atoms with Crippen molar-refractivity contribution < 1.29 is 22.2 Å². The fourth-order valence-electron chi connectivity index (χ4n) is 2.74. The standard InChI is InChI=1S/C21H26N2O5S/c1-17-9-11-19(12-10-17)21(24)23(16-18-7-5-4-6-8-18)20(15-22-27-2)13-14-28-29(3,25)26/h4-12,15,20H,13-14,16H2,1-3H3/b22-15+. The van der Waals surface area contributed by atoms with Gasteiger partial charge in [0.1, 0.15) is 7.11 Å². The van der Waals surface area contributed by atoms with E-state index in [1.165, 1.54) is 13.3 Å². The molecule has 1 unspecified atom stereocenters. The number of benzene rings is 2. The average Bonchev–Trinajstić information content (AvgIpc) is 2.69. The van der Waals surface area contributed by atoms with Crippen LogP contribution in [-0.4, -0.2) is 51.5 Å². The molecule has 8 heteroatoms. The van der Waals surface area contributed by atoms with E-state index in [9.17, 15) is 13.2 Å². The monoisotopic (exact) mass is 418 g/mol. The van der Waals surface area contributed by atoms with Crippen LogP contribution in [0.3, 0.4) is 0 Å². The molecule has 0 saturated carbocycles. The molecule has 2 aromatic carbocycles. The summed E-state index contributed by atoms with van der Waals surface area (Å²) >= 11 is 0. The lowest BCUT2D eigenvalue weighted by Crippen LogP contribution is -2.41. The fraction of sp³-hybridized carbons (Fsp3) is 0.333. The molecule has 1 atom stereocenters. The predicted octanol–water partition coefficient (Wildman–Crippen LogP) is 3.00. The van der Waals surface area contributed by atoms with Crippen LogP contribution in [0, 0.1) is 6.92 Å². The summed E-state index contributed by atoms with van der Waals surface area (Å²) in [6, 6.07) is 16.3. The molecule has 0 N–H and O–H groups in total. The van der Waals surface area contributed by atoms with Crippen LogP contribution < -0.4 is 0 Å². The van der Waals surface area contributed by atoms with Crippen molar-refractivity contribution in [3.8, 4) is 0 Å². The highest BCUT2D eigenvalue weighted by Crippen LogP contribution is 2.16. The summed E-state index contributed by atoms with van der Waals surface area (Å²) in [6.45, 7) is 2.20. The smallest absolute Gasteiger partial charge is 0.264 e. The number of rotatable bonds is 10. The molecule has 0 bridgehead atoms. The molecule has 0 saturated heterocycles. The van der Waals surface area contributed by atoms with Gasteiger partial charge in [-0.1, -0.05) is 53.2 Å². The number of amides is 1. The summed E-state index contributed by atoms with van der Waals surface area (Å²) < 4.78 is 27.5. The molecule has 156 valence electrons. The first-order valence-electron chi connectivity index (χ1n) is 9.13. The minimum atomic E-state index is -3.58. The number of aryl methyl sites for hydroxylation is 1. The molecule has 29 heavy (non-hydrogen) atoms. The molecule has 0 heterocycles. The number of oxime groups is 1. The zero-order valence-corrected chi connectivity index (χ0v) is 17.6. The quantitative estimate of drug-likeness (QED) is 0.336. The van der Waals surface area contributed by atoms with E-state index in [1.807, 2.05) is 49.4 Å². The van der Waals surface area contributed by atoms with Crippen molar-refractivity contribution in [3.05, 3.63) is 71.3 Å². The van der Waals surface area contributed by atoms with E-state index >= 15 is 0 Å². The van der Waals surface area contributed by atoms with Crippen LogP contribution in [-0.2, 0) is 25.7 Å². The highest BCUT2D eigenvalue weighted by Gasteiger charge is 2.24. The van der Waals surface area contributed by atoms with Gasteiger partial charge in [-0.3, -0.25) is 8.98 Å². The zero-order chi connectivity index (χ0) is 21.3. The molecular formula is C21H26N2O5S. The van der Waals surface area contributed by atoms with Gasteiger partial charge in [0.2, 0.25) is 0 Å². The van der Waals surface area contributed by atoms with E-state index in [1.54, 1.807) is 17.0 Å². The van der Waals surface area contributed by atoms with Crippen molar-refractivity contribution in [2.24, 2.45) is 5.16 Å². The van der Waals surface area contributed by atoms with E-state index < -0.39 is 16.2 Å². The van der Waals surface area contributed by atoms with Crippen LogP contribution in [0.1, 0.15) is 27.9 Å². The number of hydrogen-bond donors (Lipinski definition) is 0. The maximum atomic E-state index is 13.3. The van der Waals surface area contributed by atoms with Crippen LogP contribution in [0.5, 0.6) is 0 Å². The number of carbonyl (C=O) groups excluding carboxylic acids is 1. The summed E-state index contributed by atoms with van der Waals surface area (Å²) in [6.07, 6.45) is 2.72. The van der Waals surface area contributed by atoms with Crippen LogP contribution in [0.2, 0.25) is 0 Å². The van der Waals surface area contributed by atoms with Gasteiger partial charge >= 0.3 is 0 Å². The van der Waals surface area contributed by atoms with E-state index in [2.05, 4.69) is 5.16 Å². The van der Waals surface area contributed by atoms with Gasteiger partial charge < -0.3 is 9.74 Å². The summed E-state index contributed by atoms with van der Waals surface area (Å²) in [5.74, 6) is -0.194. The topological polar surface area (TPSA) is 85.3 Å². The summed E-state index contributed by atoms with van der Waals surface area (Å²) in [5, 5.41) is 3.82. The second-order valence-corrected chi connectivity index (χ2v) is 8.25. The minimum Gasteiger partial charge on any atom is -0.399 e. The maximum Gasteiger partial charge on any atom is 0.264 e. The Morgan fingerprint density at radius 2 is 1.79 bits per heavy atom. The Balaban J connectivity index is 2.33. The number of nitrogens with zero attached hydrogens (tertiary/aromatic N) is 2. The van der Waals surface area contributed by atoms with Crippen molar-refractivity contribution >= 4 is 22.2 Å². The van der Waals surface area contributed by atoms with Crippen LogP contribution in [0.25, 0.3) is 0 Å².